The third kappa shape index (κ3) is 3.82. The van der Waals surface area contributed by atoms with Crippen molar-refractivity contribution in [1.82, 2.24) is 15.6 Å². The zero-order valence-electron chi connectivity index (χ0n) is 14.0. The highest BCUT2D eigenvalue weighted by Crippen LogP contribution is 2.38. The molecule has 1 amide bonds. The number of benzene rings is 1. The van der Waals surface area contributed by atoms with Gasteiger partial charge in [-0.05, 0) is 62.1 Å². The molecule has 2 aromatic rings. The number of amides is 1. The molecule has 1 aromatic carbocycles. The molecular formula is C18H22N4O2. The fraction of sp³-hybridized carbons (Fsp3) is 0.389. The van der Waals surface area contributed by atoms with Crippen LogP contribution in [0.15, 0.2) is 35.4 Å². The van der Waals surface area contributed by atoms with Crippen molar-refractivity contribution in [1.29, 1.82) is 0 Å². The maximum atomic E-state index is 12.2. The minimum Gasteiger partial charge on any atom is -0.494 e. The summed E-state index contributed by atoms with van der Waals surface area (Å²) in [6.45, 7) is 4.59. The van der Waals surface area contributed by atoms with Gasteiger partial charge in [0.15, 0.2) is 5.69 Å². The molecule has 24 heavy (non-hydrogen) atoms. The highest BCUT2D eigenvalue weighted by Gasteiger charge is 2.26. The molecule has 6 nitrogen and oxygen atoms in total. The maximum absolute atomic E-state index is 12.2. The van der Waals surface area contributed by atoms with Crippen molar-refractivity contribution in [3.05, 3.63) is 47.3 Å². The summed E-state index contributed by atoms with van der Waals surface area (Å²) in [5.74, 6) is 1.07. The number of hydrazone groups is 1. The van der Waals surface area contributed by atoms with E-state index in [9.17, 15) is 4.79 Å². The van der Waals surface area contributed by atoms with Crippen LogP contribution >= 0.6 is 0 Å². The Morgan fingerprint density at radius 1 is 1.33 bits per heavy atom. The zero-order chi connectivity index (χ0) is 16.9. The summed E-state index contributed by atoms with van der Waals surface area (Å²) >= 11 is 0. The van der Waals surface area contributed by atoms with Gasteiger partial charge in [-0.1, -0.05) is 6.92 Å². The van der Waals surface area contributed by atoms with E-state index >= 15 is 0 Å². The molecule has 0 saturated heterocycles. The lowest BCUT2D eigenvalue weighted by atomic mass is 10.1. The average molecular weight is 326 g/mol. The van der Waals surface area contributed by atoms with E-state index in [1.165, 1.54) is 12.8 Å². The van der Waals surface area contributed by atoms with Crippen LogP contribution in [0.2, 0.25) is 0 Å². The van der Waals surface area contributed by atoms with E-state index in [1.807, 2.05) is 44.2 Å². The Morgan fingerprint density at radius 3 is 2.71 bits per heavy atom. The van der Waals surface area contributed by atoms with Crippen molar-refractivity contribution >= 4 is 11.6 Å². The summed E-state index contributed by atoms with van der Waals surface area (Å²) in [6.07, 6.45) is 3.04. The van der Waals surface area contributed by atoms with E-state index in [-0.39, 0.29) is 5.91 Å². The predicted molar refractivity (Wildman–Crippen MR) is 92.5 cm³/mol. The maximum Gasteiger partial charge on any atom is 0.291 e. The second-order valence-electron chi connectivity index (χ2n) is 5.79. The second-order valence-corrected chi connectivity index (χ2v) is 5.79. The molecule has 1 fully saturated rings. The van der Waals surface area contributed by atoms with Gasteiger partial charge in [0.25, 0.3) is 5.91 Å². The fourth-order valence-corrected chi connectivity index (χ4v) is 2.49. The lowest BCUT2D eigenvalue weighted by Gasteiger charge is -2.07. The minimum absolute atomic E-state index is 0.296. The molecule has 0 atom stereocenters. The van der Waals surface area contributed by atoms with Crippen molar-refractivity contribution in [3.8, 4) is 5.75 Å². The fourth-order valence-electron chi connectivity index (χ4n) is 2.49. The zero-order valence-corrected chi connectivity index (χ0v) is 14.0. The molecule has 3 rings (SSSR count). The normalized spacial score (nSPS) is 14.5. The molecule has 126 valence electrons. The van der Waals surface area contributed by atoms with E-state index in [4.69, 9.17) is 4.74 Å². The van der Waals surface area contributed by atoms with E-state index in [0.717, 1.165) is 22.7 Å². The molecular weight excluding hydrogens is 304 g/mol. The summed E-state index contributed by atoms with van der Waals surface area (Å²) < 4.78 is 5.44. The topological polar surface area (TPSA) is 79.4 Å². The summed E-state index contributed by atoms with van der Waals surface area (Å²) in [6, 6.07) is 9.51. The van der Waals surface area contributed by atoms with Crippen molar-refractivity contribution in [2.45, 2.75) is 39.0 Å². The van der Waals surface area contributed by atoms with Crippen molar-refractivity contribution in [3.63, 3.8) is 0 Å². The number of rotatable bonds is 7. The molecule has 0 radical (unpaired) electrons. The lowest BCUT2D eigenvalue weighted by Crippen LogP contribution is -2.20. The number of aromatic nitrogens is 2. The standard InChI is InChI=1S/C18H22N4O2/c1-3-15(12-7-9-14(10-8-12)24-4-2)19-22-18(23)17-11-16(20-21-17)13-5-6-13/h7-11,13H,3-6H2,1-2H3,(H,20,21)(H,22,23)/b19-15-. The largest absolute Gasteiger partial charge is 0.494 e. The van der Waals surface area contributed by atoms with Crippen molar-refractivity contribution in [2.24, 2.45) is 5.10 Å². The Hall–Kier alpha value is -2.63. The van der Waals surface area contributed by atoms with Crippen LogP contribution < -0.4 is 10.2 Å². The molecule has 2 N–H and O–H groups in total. The number of carbonyl (C=O) groups excluding carboxylic acids is 1. The van der Waals surface area contributed by atoms with E-state index in [0.29, 0.717) is 24.6 Å². The van der Waals surface area contributed by atoms with E-state index < -0.39 is 0 Å². The molecule has 1 aliphatic carbocycles. The first kappa shape index (κ1) is 16.2. The Kier molecular flexibility index (Phi) is 4.93. The third-order valence-corrected chi connectivity index (χ3v) is 3.97. The van der Waals surface area contributed by atoms with Crippen LogP contribution in [-0.2, 0) is 0 Å². The Bertz CT molecular complexity index is 730. The molecule has 1 saturated carbocycles. The number of carbonyl (C=O) groups is 1. The van der Waals surface area contributed by atoms with Crippen LogP contribution in [0, 0.1) is 0 Å². The van der Waals surface area contributed by atoms with Gasteiger partial charge in [-0.2, -0.15) is 10.2 Å². The first-order chi connectivity index (χ1) is 11.7. The van der Waals surface area contributed by atoms with Crippen molar-refractivity contribution < 1.29 is 9.53 Å². The van der Waals surface area contributed by atoms with Gasteiger partial charge in [0.05, 0.1) is 12.3 Å². The Labute approximate surface area is 141 Å². The number of aromatic amines is 1. The number of hydrogen-bond donors (Lipinski definition) is 2. The molecule has 1 aliphatic rings. The molecule has 6 heteroatoms. The summed E-state index contributed by atoms with van der Waals surface area (Å²) in [7, 11) is 0. The molecule has 0 spiro atoms. The number of nitrogens with one attached hydrogen (secondary N) is 2. The van der Waals surface area contributed by atoms with Gasteiger partial charge in [-0.15, -0.1) is 0 Å². The molecule has 0 unspecified atom stereocenters. The predicted octanol–water partition coefficient (Wildman–Crippen LogP) is 3.23. The minimum atomic E-state index is -0.296. The van der Waals surface area contributed by atoms with Crippen LogP contribution in [-0.4, -0.2) is 28.4 Å². The van der Waals surface area contributed by atoms with Crippen LogP contribution in [0.5, 0.6) is 5.75 Å². The summed E-state index contributed by atoms with van der Waals surface area (Å²) in [5, 5.41) is 11.2. The molecule has 1 aromatic heterocycles. The monoisotopic (exact) mass is 326 g/mol. The van der Waals surface area contributed by atoms with E-state index in [1.54, 1.807) is 0 Å². The van der Waals surface area contributed by atoms with Gasteiger partial charge in [-0.25, -0.2) is 5.43 Å². The number of hydrogen-bond acceptors (Lipinski definition) is 4. The molecule has 0 aliphatic heterocycles. The first-order valence-corrected chi connectivity index (χ1v) is 8.36. The van der Waals surface area contributed by atoms with Crippen LogP contribution in [0.25, 0.3) is 0 Å². The highest BCUT2D eigenvalue weighted by molar-refractivity contribution is 6.01. The molecule has 1 heterocycles. The lowest BCUT2D eigenvalue weighted by molar-refractivity contribution is 0.0950. The Balaban J connectivity index is 1.66. The van der Waals surface area contributed by atoms with E-state index in [2.05, 4.69) is 20.7 Å². The van der Waals surface area contributed by atoms with Gasteiger partial charge < -0.3 is 4.74 Å². The van der Waals surface area contributed by atoms with Gasteiger partial charge in [-0.3, -0.25) is 9.89 Å². The third-order valence-electron chi connectivity index (χ3n) is 3.97. The molecule has 0 bridgehead atoms. The highest BCUT2D eigenvalue weighted by atomic mass is 16.5. The quantitative estimate of drug-likeness (QED) is 0.605. The number of H-pyrrole nitrogens is 1. The second kappa shape index (κ2) is 7.29. The van der Waals surface area contributed by atoms with Crippen LogP contribution in [0.1, 0.15) is 60.8 Å². The van der Waals surface area contributed by atoms with Gasteiger partial charge in [0.2, 0.25) is 0 Å². The van der Waals surface area contributed by atoms with Crippen LogP contribution in [0.4, 0.5) is 0 Å². The Morgan fingerprint density at radius 2 is 2.08 bits per heavy atom. The van der Waals surface area contributed by atoms with Gasteiger partial charge in [0.1, 0.15) is 5.75 Å². The van der Waals surface area contributed by atoms with Crippen LogP contribution in [0.3, 0.4) is 0 Å². The summed E-state index contributed by atoms with van der Waals surface area (Å²) in [4.78, 5) is 12.2. The first-order valence-electron chi connectivity index (χ1n) is 8.36. The van der Waals surface area contributed by atoms with Crippen molar-refractivity contribution in [2.75, 3.05) is 6.61 Å². The van der Waals surface area contributed by atoms with Gasteiger partial charge >= 0.3 is 0 Å². The number of nitrogens with zero attached hydrogens (tertiary/aromatic N) is 2. The SMILES string of the molecule is CCOc1ccc(/C(CC)=N\NC(=O)c2cc(C3CC3)[nH]n2)cc1. The smallest absolute Gasteiger partial charge is 0.291 e. The number of ether oxygens (including phenoxy) is 1. The summed E-state index contributed by atoms with van der Waals surface area (Å²) in [5.41, 5.74) is 5.78. The average Bonchev–Trinajstić information content (AvgIpc) is 3.34. The van der Waals surface area contributed by atoms with Gasteiger partial charge in [0, 0.05) is 11.6 Å².